The van der Waals surface area contributed by atoms with E-state index in [4.69, 9.17) is 0 Å². The Bertz CT molecular complexity index is 574. The minimum Gasteiger partial charge on any atom is -0.314 e. The van der Waals surface area contributed by atoms with E-state index in [0.29, 0.717) is 11.3 Å². The fourth-order valence-electron chi connectivity index (χ4n) is 2.74. The zero-order valence-electron chi connectivity index (χ0n) is 12.8. The molecule has 1 saturated carbocycles. The van der Waals surface area contributed by atoms with Gasteiger partial charge in [-0.05, 0) is 59.5 Å². The molecule has 1 heterocycles. The molecule has 108 valence electrons. The average molecular weight is 287 g/mol. The number of thiophene rings is 1. The van der Waals surface area contributed by atoms with Crippen molar-refractivity contribution in [1.29, 1.82) is 0 Å². The summed E-state index contributed by atoms with van der Waals surface area (Å²) in [6, 6.07) is 9.61. The number of hydrogen-bond donors (Lipinski definition) is 1. The number of hydrogen-bond acceptors (Lipinski definition) is 2. The van der Waals surface area contributed by atoms with Crippen molar-refractivity contribution in [2.75, 3.05) is 6.54 Å². The molecule has 1 aromatic heterocycles. The second kappa shape index (κ2) is 5.50. The van der Waals surface area contributed by atoms with Crippen molar-refractivity contribution in [2.45, 2.75) is 46.1 Å². The number of nitrogens with one attached hydrogen (secondary N) is 1. The van der Waals surface area contributed by atoms with Crippen molar-refractivity contribution in [3.63, 3.8) is 0 Å². The molecular formula is C18H25NS. The molecule has 3 rings (SSSR count). The third-order valence-electron chi connectivity index (χ3n) is 4.48. The molecule has 1 nitrogen and oxygen atoms in total. The van der Waals surface area contributed by atoms with Crippen LogP contribution in [0.4, 0.5) is 0 Å². The lowest BCUT2D eigenvalue weighted by Gasteiger charge is -2.31. The Balaban J connectivity index is 1.77. The Hall–Kier alpha value is -0.860. The molecule has 0 radical (unpaired) electrons. The summed E-state index contributed by atoms with van der Waals surface area (Å²) in [7, 11) is 0. The molecule has 1 unspecified atom stereocenters. The van der Waals surface area contributed by atoms with E-state index in [9.17, 15) is 0 Å². The predicted molar refractivity (Wildman–Crippen MR) is 89.5 cm³/mol. The first-order chi connectivity index (χ1) is 9.54. The third-order valence-corrected chi connectivity index (χ3v) is 5.49. The van der Waals surface area contributed by atoms with E-state index in [1.165, 1.54) is 34.9 Å². The molecule has 2 heteroatoms. The van der Waals surface area contributed by atoms with Gasteiger partial charge in [0.05, 0.1) is 0 Å². The van der Waals surface area contributed by atoms with Crippen LogP contribution in [0.15, 0.2) is 29.6 Å². The Labute approximate surface area is 126 Å². The van der Waals surface area contributed by atoms with Gasteiger partial charge >= 0.3 is 0 Å². The minimum absolute atomic E-state index is 0.352. The van der Waals surface area contributed by atoms with Crippen LogP contribution in [0.25, 0.3) is 10.1 Å². The lowest BCUT2D eigenvalue weighted by Crippen LogP contribution is -2.34. The van der Waals surface area contributed by atoms with E-state index in [1.54, 1.807) is 0 Å². The van der Waals surface area contributed by atoms with E-state index in [-0.39, 0.29) is 0 Å². The summed E-state index contributed by atoms with van der Waals surface area (Å²) >= 11 is 1.88. The van der Waals surface area contributed by atoms with Gasteiger partial charge in [0, 0.05) is 10.7 Å². The average Bonchev–Trinajstić information content (AvgIpc) is 3.14. The first-order valence-electron chi connectivity index (χ1n) is 7.72. The summed E-state index contributed by atoms with van der Waals surface area (Å²) < 4.78 is 1.42. The van der Waals surface area contributed by atoms with Gasteiger partial charge in [-0.3, -0.25) is 0 Å². The molecule has 1 fully saturated rings. The van der Waals surface area contributed by atoms with Gasteiger partial charge in [-0.1, -0.05) is 39.0 Å². The number of fused-ring (bicyclic) bond motifs is 1. The van der Waals surface area contributed by atoms with Crippen LogP contribution in [0.2, 0.25) is 0 Å². The van der Waals surface area contributed by atoms with Crippen LogP contribution in [0.3, 0.4) is 0 Å². The number of rotatable bonds is 5. The minimum atomic E-state index is 0.352. The highest BCUT2D eigenvalue weighted by atomic mass is 32.1. The van der Waals surface area contributed by atoms with Gasteiger partial charge in [-0.25, -0.2) is 0 Å². The Kier molecular flexibility index (Phi) is 3.87. The van der Waals surface area contributed by atoms with Gasteiger partial charge in [-0.15, -0.1) is 11.3 Å². The molecule has 1 aliphatic carbocycles. The zero-order valence-corrected chi connectivity index (χ0v) is 13.6. The summed E-state index contributed by atoms with van der Waals surface area (Å²) in [5.41, 5.74) is 1.88. The van der Waals surface area contributed by atoms with Gasteiger partial charge in [-0.2, -0.15) is 0 Å². The van der Waals surface area contributed by atoms with Crippen LogP contribution < -0.4 is 5.32 Å². The van der Waals surface area contributed by atoms with Gasteiger partial charge in [0.1, 0.15) is 0 Å². The van der Waals surface area contributed by atoms with Crippen molar-refractivity contribution >= 4 is 21.4 Å². The van der Waals surface area contributed by atoms with Crippen molar-refractivity contribution in [1.82, 2.24) is 5.32 Å². The molecule has 1 N–H and O–H groups in total. The van der Waals surface area contributed by atoms with E-state index in [0.717, 1.165) is 12.6 Å². The third kappa shape index (κ3) is 3.24. The van der Waals surface area contributed by atoms with Crippen molar-refractivity contribution in [2.24, 2.45) is 11.3 Å². The molecule has 0 amide bonds. The highest BCUT2D eigenvalue weighted by Gasteiger charge is 2.28. The second-order valence-electron chi connectivity index (χ2n) is 7.21. The summed E-state index contributed by atoms with van der Waals surface area (Å²) in [5, 5.41) is 7.55. The molecule has 20 heavy (non-hydrogen) atoms. The topological polar surface area (TPSA) is 12.0 Å². The maximum Gasteiger partial charge on any atom is 0.0345 e. The van der Waals surface area contributed by atoms with E-state index < -0.39 is 0 Å². The van der Waals surface area contributed by atoms with E-state index in [1.807, 2.05) is 11.3 Å². The molecular weight excluding hydrogens is 262 g/mol. The Morgan fingerprint density at radius 2 is 2.00 bits per heavy atom. The Morgan fingerprint density at radius 1 is 1.25 bits per heavy atom. The molecule has 0 spiro atoms. The summed E-state index contributed by atoms with van der Waals surface area (Å²) in [4.78, 5) is 0. The van der Waals surface area contributed by atoms with Crippen LogP contribution in [-0.2, 0) is 6.42 Å². The largest absolute Gasteiger partial charge is 0.314 e. The SMILES string of the molecule is CC(C)(C)C(CNC1CC1)Cc1csc2ccccc12. The predicted octanol–water partition coefficient (Wildman–Crippen LogP) is 4.86. The van der Waals surface area contributed by atoms with Crippen molar-refractivity contribution in [3.8, 4) is 0 Å². The summed E-state index contributed by atoms with van der Waals surface area (Å²) in [6.45, 7) is 8.28. The van der Waals surface area contributed by atoms with E-state index >= 15 is 0 Å². The number of benzene rings is 1. The maximum atomic E-state index is 3.73. The lowest BCUT2D eigenvalue weighted by atomic mass is 9.77. The second-order valence-corrected chi connectivity index (χ2v) is 8.12. The molecule has 1 aromatic carbocycles. The standard InChI is InChI=1S/C18H25NS/c1-18(2,3)14(11-19-15-8-9-15)10-13-12-20-17-7-5-4-6-16(13)17/h4-7,12,14-15,19H,8-11H2,1-3H3. The van der Waals surface area contributed by atoms with Crippen molar-refractivity contribution < 1.29 is 0 Å². The normalized spacial score (nSPS) is 17.6. The molecule has 0 aliphatic heterocycles. The highest BCUT2D eigenvalue weighted by molar-refractivity contribution is 7.17. The highest BCUT2D eigenvalue weighted by Crippen LogP contribution is 2.34. The molecule has 1 aliphatic rings. The van der Waals surface area contributed by atoms with Gasteiger partial charge in [0.2, 0.25) is 0 Å². The van der Waals surface area contributed by atoms with Gasteiger partial charge in [0.25, 0.3) is 0 Å². The van der Waals surface area contributed by atoms with Crippen LogP contribution in [-0.4, -0.2) is 12.6 Å². The van der Waals surface area contributed by atoms with Gasteiger partial charge < -0.3 is 5.32 Å². The first-order valence-corrected chi connectivity index (χ1v) is 8.60. The maximum absolute atomic E-state index is 3.73. The quantitative estimate of drug-likeness (QED) is 0.828. The molecule has 0 bridgehead atoms. The molecule has 0 saturated heterocycles. The van der Waals surface area contributed by atoms with Crippen molar-refractivity contribution in [3.05, 3.63) is 35.2 Å². The summed E-state index contributed by atoms with van der Waals surface area (Å²) in [6.07, 6.45) is 3.93. The van der Waals surface area contributed by atoms with Gasteiger partial charge in [0.15, 0.2) is 0 Å². The van der Waals surface area contributed by atoms with Crippen LogP contribution in [0.5, 0.6) is 0 Å². The first kappa shape index (κ1) is 14.1. The zero-order chi connectivity index (χ0) is 14.2. The lowest BCUT2D eigenvalue weighted by molar-refractivity contribution is 0.231. The Morgan fingerprint density at radius 3 is 2.70 bits per heavy atom. The smallest absolute Gasteiger partial charge is 0.0345 e. The molecule has 1 atom stereocenters. The monoisotopic (exact) mass is 287 g/mol. The molecule has 2 aromatic rings. The summed E-state index contributed by atoms with van der Waals surface area (Å²) in [5.74, 6) is 0.695. The van der Waals surface area contributed by atoms with Crippen LogP contribution >= 0.6 is 11.3 Å². The fraction of sp³-hybridized carbons (Fsp3) is 0.556. The van der Waals surface area contributed by atoms with Crippen LogP contribution in [0, 0.1) is 11.3 Å². The van der Waals surface area contributed by atoms with E-state index in [2.05, 4.69) is 55.7 Å². The van der Waals surface area contributed by atoms with Crippen LogP contribution in [0.1, 0.15) is 39.2 Å². The fourth-order valence-corrected chi connectivity index (χ4v) is 3.71.